The molecule has 0 saturated heterocycles. The Kier molecular flexibility index (Phi) is 3.80. The fraction of sp³-hybridized carbons (Fsp3) is 0.333. The Morgan fingerprint density at radius 2 is 2.00 bits per heavy atom. The average Bonchev–Trinajstić information content (AvgIpc) is 1.65. The SMILES string of the molecule is F/C(=C/Cl)C(Cl)Cl. The maximum atomic E-state index is 11.7. The molecule has 0 atom stereocenters. The van der Waals surface area contributed by atoms with E-state index in [1.165, 1.54) is 0 Å². The highest BCUT2D eigenvalue weighted by Gasteiger charge is 2.02. The molecule has 0 aromatic rings. The molecule has 4 heteroatoms. The molecule has 0 saturated carbocycles. The Morgan fingerprint density at radius 3 is 2.00 bits per heavy atom. The number of alkyl halides is 2. The molecule has 0 heterocycles. The van der Waals surface area contributed by atoms with Crippen molar-refractivity contribution in [3.63, 3.8) is 0 Å². The second-order valence-electron chi connectivity index (χ2n) is 0.795. The number of rotatable bonds is 1. The lowest BCUT2D eigenvalue weighted by Crippen LogP contribution is -1.82. The maximum absolute atomic E-state index is 11.7. The van der Waals surface area contributed by atoms with Crippen molar-refractivity contribution in [1.29, 1.82) is 0 Å². The molecule has 7 heavy (non-hydrogen) atoms. The molecule has 0 aliphatic carbocycles. The summed E-state index contributed by atoms with van der Waals surface area (Å²) in [5.74, 6) is -0.731. The van der Waals surface area contributed by atoms with Crippen molar-refractivity contribution in [2.24, 2.45) is 0 Å². The first-order chi connectivity index (χ1) is 3.18. The molecule has 0 spiro atoms. The second kappa shape index (κ2) is 3.53. The molecule has 0 unspecified atom stereocenters. The van der Waals surface area contributed by atoms with Crippen LogP contribution in [0, 0.1) is 0 Å². The monoisotopic (exact) mass is 162 g/mol. The highest BCUT2D eigenvalue weighted by Crippen LogP contribution is 2.15. The maximum Gasteiger partial charge on any atom is 0.159 e. The minimum atomic E-state index is -1.13. The summed E-state index contributed by atoms with van der Waals surface area (Å²) in [6.07, 6.45) is 0. The highest BCUT2D eigenvalue weighted by molar-refractivity contribution is 6.46. The van der Waals surface area contributed by atoms with Gasteiger partial charge in [-0.15, -0.1) is 0 Å². The third kappa shape index (κ3) is 3.15. The van der Waals surface area contributed by atoms with Crippen LogP contribution in [-0.4, -0.2) is 4.84 Å². The zero-order valence-corrected chi connectivity index (χ0v) is 5.43. The van der Waals surface area contributed by atoms with E-state index in [0.717, 1.165) is 0 Å². The molecule has 0 fully saturated rings. The smallest absolute Gasteiger partial charge is 0.159 e. The van der Waals surface area contributed by atoms with Crippen LogP contribution in [0.2, 0.25) is 0 Å². The summed E-state index contributed by atoms with van der Waals surface area (Å²) in [6.45, 7) is 0. The van der Waals surface area contributed by atoms with Gasteiger partial charge in [0, 0.05) is 5.54 Å². The van der Waals surface area contributed by atoms with Gasteiger partial charge in [-0.25, -0.2) is 4.39 Å². The van der Waals surface area contributed by atoms with E-state index in [0.29, 0.717) is 5.54 Å². The van der Waals surface area contributed by atoms with Crippen molar-refractivity contribution >= 4 is 34.8 Å². The van der Waals surface area contributed by atoms with Crippen molar-refractivity contribution in [1.82, 2.24) is 0 Å². The van der Waals surface area contributed by atoms with Crippen LogP contribution in [0.4, 0.5) is 4.39 Å². The minimum Gasteiger partial charge on any atom is -0.208 e. The summed E-state index contributed by atoms with van der Waals surface area (Å²) < 4.78 is 11.7. The van der Waals surface area contributed by atoms with Crippen LogP contribution in [0.5, 0.6) is 0 Å². The predicted octanol–water partition coefficient (Wildman–Crippen LogP) is 2.84. The van der Waals surface area contributed by atoms with Gasteiger partial charge in [0.15, 0.2) is 4.84 Å². The topological polar surface area (TPSA) is 0 Å². The molecule has 0 radical (unpaired) electrons. The molecule has 0 aromatic carbocycles. The number of hydrogen-bond acceptors (Lipinski definition) is 0. The van der Waals surface area contributed by atoms with E-state index in [9.17, 15) is 4.39 Å². The van der Waals surface area contributed by atoms with E-state index in [-0.39, 0.29) is 0 Å². The third-order valence-corrected chi connectivity index (χ3v) is 0.938. The van der Waals surface area contributed by atoms with Crippen molar-refractivity contribution in [3.8, 4) is 0 Å². The fourth-order valence-corrected chi connectivity index (χ4v) is 0.429. The number of hydrogen-bond donors (Lipinski definition) is 0. The van der Waals surface area contributed by atoms with Gasteiger partial charge >= 0.3 is 0 Å². The number of halogens is 4. The summed E-state index contributed by atoms with van der Waals surface area (Å²) in [7, 11) is 0. The van der Waals surface area contributed by atoms with Crippen LogP contribution in [0.1, 0.15) is 0 Å². The first kappa shape index (κ1) is 7.54. The van der Waals surface area contributed by atoms with E-state index < -0.39 is 10.7 Å². The van der Waals surface area contributed by atoms with E-state index in [1.54, 1.807) is 0 Å². The molecule has 0 amide bonds. The molecule has 0 aliphatic rings. The summed E-state index contributed by atoms with van der Waals surface area (Å²) in [6, 6.07) is 0. The average molecular weight is 163 g/mol. The van der Waals surface area contributed by atoms with E-state index in [2.05, 4.69) is 0 Å². The van der Waals surface area contributed by atoms with E-state index in [1.807, 2.05) is 0 Å². The van der Waals surface area contributed by atoms with E-state index in [4.69, 9.17) is 34.8 Å². The van der Waals surface area contributed by atoms with Crippen molar-refractivity contribution in [2.75, 3.05) is 0 Å². The second-order valence-corrected chi connectivity index (χ2v) is 2.11. The summed E-state index contributed by atoms with van der Waals surface area (Å²) in [4.78, 5) is -1.13. The molecule has 0 rings (SSSR count). The first-order valence-electron chi connectivity index (χ1n) is 1.42. The van der Waals surface area contributed by atoms with Gasteiger partial charge in [0.05, 0.1) is 0 Å². The zero-order chi connectivity index (χ0) is 5.86. The molecule has 0 nitrogen and oxygen atoms in total. The molecule has 0 aliphatic heterocycles. The normalized spacial score (nSPS) is 13.0. The molecule has 42 valence electrons. The van der Waals surface area contributed by atoms with Gasteiger partial charge in [0.2, 0.25) is 0 Å². The largest absolute Gasteiger partial charge is 0.208 e. The van der Waals surface area contributed by atoms with Crippen LogP contribution in [-0.2, 0) is 0 Å². The van der Waals surface area contributed by atoms with Crippen LogP contribution in [0.15, 0.2) is 11.4 Å². The van der Waals surface area contributed by atoms with Gasteiger partial charge in [-0.3, -0.25) is 0 Å². The summed E-state index contributed by atoms with van der Waals surface area (Å²) in [5.41, 5.74) is 0.699. The Hall–Kier alpha value is 0.540. The summed E-state index contributed by atoms with van der Waals surface area (Å²) >= 11 is 14.8. The molecular formula is C3H2Cl3F. The van der Waals surface area contributed by atoms with Gasteiger partial charge in [-0.2, -0.15) is 0 Å². The van der Waals surface area contributed by atoms with Crippen LogP contribution < -0.4 is 0 Å². The molecule has 0 aromatic heterocycles. The number of allylic oxidation sites excluding steroid dienone is 1. The first-order valence-corrected chi connectivity index (χ1v) is 2.73. The Morgan fingerprint density at radius 1 is 1.57 bits per heavy atom. The van der Waals surface area contributed by atoms with Crippen LogP contribution in [0.25, 0.3) is 0 Å². The van der Waals surface area contributed by atoms with Crippen LogP contribution >= 0.6 is 34.8 Å². The van der Waals surface area contributed by atoms with Gasteiger partial charge < -0.3 is 0 Å². The fourth-order valence-electron chi connectivity index (χ4n) is 0.0476. The Balaban J connectivity index is 3.56. The van der Waals surface area contributed by atoms with Gasteiger partial charge in [-0.1, -0.05) is 34.8 Å². The lowest BCUT2D eigenvalue weighted by atomic mass is 10.7. The van der Waals surface area contributed by atoms with Crippen molar-refractivity contribution in [3.05, 3.63) is 11.4 Å². The summed E-state index contributed by atoms with van der Waals surface area (Å²) in [5, 5.41) is 0. The lowest BCUT2D eigenvalue weighted by Gasteiger charge is -1.89. The van der Waals surface area contributed by atoms with Gasteiger partial charge in [0.1, 0.15) is 5.83 Å². The van der Waals surface area contributed by atoms with Crippen LogP contribution in [0.3, 0.4) is 0 Å². The van der Waals surface area contributed by atoms with Gasteiger partial charge in [0.25, 0.3) is 0 Å². The standard InChI is InChI=1S/C3H2Cl3F/c4-1-2(7)3(5)6/h1,3H/b2-1+. The quantitative estimate of drug-likeness (QED) is 0.522. The van der Waals surface area contributed by atoms with Crippen molar-refractivity contribution < 1.29 is 4.39 Å². The molecular weight excluding hydrogens is 161 g/mol. The van der Waals surface area contributed by atoms with E-state index >= 15 is 0 Å². The predicted molar refractivity (Wildman–Crippen MR) is 30.5 cm³/mol. The highest BCUT2D eigenvalue weighted by atomic mass is 35.5. The van der Waals surface area contributed by atoms with Crippen molar-refractivity contribution in [2.45, 2.75) is 4.84 Å². The Bertz CT molecular complexity index is 78.2. The molecule has 0 N–H and O–H groups in total. The Labute approximate surface area is 55.9 Å². The minimum absolute atomic E-state index is 0.699. The third-order valence-electron chi connectivity index (χ3n) is 0.313. The lowest BCUT2D eigenvalue weighted by molar-refractivity contribution is 0.634. The van der Waals surface area contributed by atoms with Gasteiger partial charge in [-0.05, 0) is 0 Å². The molecule has 0 bridgehead atoms. The zero-order valence-electron chi connectivity index (χ0n) is 3.17.